The van der Waals surface area contributed by atoms with Crippen LogP contribution in [-0.4, -0.2) is 24.4 Å². The van der Waals surface area contributed by atoms with E-state index in [1.54, 1.807) is 30.3 Å². The lowest BCUT2D eigenvalue weighted by molar-refractivity contribution is 0.331. The number of sulfonamides is 1. The second-order valence-corrected chi connectivity index (χ2v) is 9.40. The molecule has 0 fully saturated rings. The van der Waals surface area contributed by atoms with Crippen LogP contribution in [0.5, 0.6) is 5.75 Å². The molecule has 1 N–H and O–H groups in total. The van der Waals surface area contributed by atoms with Gasteiger partial charge < -0.3 is 4.74 Å². The summed E-state index contributed by atoms with van der Waals surface area (Å²) in [5.41, 5.74) is 2.46. The monoisotopic (exact) mass is 445 g/mol. The average Bonchev–Trinajstić information content (AvgIpc) is 3.27. The van der Waals surface area contributed by atoms with Gasteiger partial charge in [0.2, 0.25) is 10.0 Å². The maximum Gasteiger partial charge on any atom is 0.244 e. The number of nitrogens with one attached hydrogen (secondary N) is 1. The summed E-state index contributed by atoms with van der Waals surface area (Å²) in [5.74, 6) is 0.0329. The van der Waals surface area contributed by atoms with Crippen LogP contribution in [0.3, 0.4) is 0 Å². The molecule has 0 amide bonds. The van der Waals surface area contributed by atoms with Gasteiger partial charge in [-0.25, -0.2) is 22.5 Å². The number of halogens is 1. The van der Waals surface area contributed by atoms with E-state index in [2.05, 4.69) is 9.71 Å². The van der Waals surface area contributed by atoms with E-state index in [1.807, 2.05) is 24.4 Å². The average molecular weight is 446 g/mol. The van der Waals surface area contributed by atoms with Crippen LogP contribution in [0, 0.1) is 12.7 Å². The lowest BCUT2D eigenvalue weighted by Gasteiger charge is -2.11. The Bertz CT molecular complexity index is 1300. The van der Waals surface area contributed by atoms with Gasteiger partial charge in [-0.05, 0) is 50.2 Å². The van der Waals surface area contributed by atoms with Gasteiger partial charge in [-0.2, -0.15) is 0 Å². The first kappa shape index (κ1) is 20.5. The van der Waals surface area contributed by atoms with Crippen LogP contribution in [0.4, 0.5) is 4.39 Å². The first-order valence-electron chi connectivity index (χ1n) is 9.34. The summed E-state index contributed by atoms with van der Waals surface area (Å²) in [6.07, 6.45) is 1.87. The van der Waals surface area contributed by atoms with Gasteiger partial charge in [-0.3, -0.25) is 4.40 Å². The molecular formula is C21H20FN3O3S2. The van der Waals surface area contributed by atoms with Crippen molar-refractivity contribution in [3.05, 3.63) is 71.1 Å². The number of fused-ring (bicyclic) bond motifs is 1. The molecule has 0 aliphatic heterocycles. The molecule has 2 heterocycles. The number of aromatic nitrogens is 2. The molecule has 0 saturated carbocycles. The van der Waals surface area contributed by atoms with Crippen LogP contribution in [-0.2, 0) is 16.6 Å². The van der Waals surface area contributed by atoms with E-state index in [1.165, 1.54) is 29.5 Å². The first-order valence-corrected chi connectivity index (χ1v) is 11.6. The smallest absolute Gasteiger partial charge is 0.244 e. The van der Waals surface area contributed by atoms with E-state index in [0.29, 0.717) is 12.4 Å². The number of nitrogens with zero attached hydrogens (tertiary/aromatic N) is 2. The van der Waals surface area contributed by atoms with Gasteiger partial charge in [-0.15, -0.1) is 0 Å². The highest BCUT2D eigenvalue weighted by Crippen LogP contribution is 2.28. The molecule has 9 heteroatoms. The maximum absolute atomic E-state index is 13.1. The third kappa shape index (κ3) is 3.96. The standard InChI is InChI=1S/C21H20FN3O3S2/c1-3-28-18-6-4-5-7-20(18)30(26,27)23-12-19-14(2)25-13-17(24-21(25)29-19)15-8-10-16(22)11-9-15/h4-11,13,23H,3,12H2,1-2H3. The Kier molecular flexibility index (Phi) is 5.59. The van der Waals surface area contributed by atoms with E-state index in [4.69, 9.17) is 4.74 Å². The molecule has 30 heavy (non-hydrogen) atoms. The van der Waals surface area contributed by atoms with Gasteiger partial charge >= 0.3 is 0 Å². The van der Waals surface area contributed by atoms with Crippen LogP contribution in [0.2, 0.25) is 0 Å². The van der Waals surface area contributed by atoms with E-state index in [9.17, 15) is 12.8 Å². The van der Waals surface area contributed by atoms with Crippen molar-refractivity contribution >= 4 is 26.3 Å². The highest BCUT2D eigenvalue weighted by Gasteiger charge is 2.21. The van der Waals surface area contributed by atoms with Gasteiger partial charge in [0.15, 0.2) is 4.96 Å². The predicted octanol–water partition coefficient (Wildman–Crippen LogP) is 4.39. The first-order chi connectivity index (χ1) is 14.4. The van der Waals surface area contributed by atoms with E-state index < -0.39 is 10.0 Å². The van der Waals surface area contributed by atoms with Crippen molar-refractivity contribution < 1.29 is 17.5 Å². The normalized spacial score (nSPS) is 11.8. The van der Waals surface area contributed by atoms with E-state index in [0.717, 1.165) is 26.8 Å². The summed E-state index contributed by atoms with van der Waals surface area (Å²) in [7, 11) is -3.74. The molecule has 0 aliphatic rings. The minimum Gasteiger partial charge on any atom is -0.492 e. The molecular weight excluding hydrogens is 425 g/mol. The predicted molar refractivity (Wildman–Crippen MR) is 115 cm³/mol. The number of hydrogen-bond acceptors (Lipinski definition) is 5. The molecule has 4 aromatic rings. The summed E-state index contributed by atoms with van der Waals surface area (Å²) >= 11 is 1.41. The summed E-state index contributed by atoms with van der Waals surface area (Å²) in [6, 6.07) is 12.7. The maximum atomic E-state index is 13.1. The van der Waals surface area contributed by atoms with Gasteiger partial charge in [0.05, 0.1) is 12.3 Å². The SMILES string of the molecule is CCOc1ccccc1S(=O)(=O)NCc1sc2nc(-c3ccc(F)cc3)cn2c1C. The Morgan fingerprint density at radius 2 is 1.90 bits per heavy atom. The number of imidazole rings is 1. The number of aryl methyl sites for hydroxylation is 1. The second kappa shape index (κ2) is 8.17. The van der Waals surface area contributed by atoms with Crippen molar-refractivity contribution in [2.75, 3.05) is 6.61 Å². The molecule has 0 bridgehead atoms. The summed E-state index contributed by atoms with van der Waals surface area (Å²) in [6.45, 7) is 4.25. The van der Waals surface area contributed by atoms with Crippen LogP contribution < -0.4 is 9.46 Å². The zero-order chi connectivity index (χ0) is 21.3. The molecule has 4 rings (SSSR count). The number of rotatable bonds is 7. The molecule has 6 nitrogen and oxygen atoms in total. The van der Waals surface area contributed by atoms with Gasteiger partial charge in [-0.1, -0.05) is 23.5 Å². The largest absolute Gasteiger partial charge is 0.492 e. The third-order valence-electron chi connectivity index (χ3n) is 4.65. The fourth-order valence-corrected chi connectivity index (χ4v) is 5.38. The lowest BCUT2D eigenvalue weighted by Crippen LogP contribution is -2.23. The van der Waals surface area contributed by atoms with Crippen LogP contribution >= 0.6 is 11.3 Å². The highest BCUT2D eigenvalue weighted by molar-refractivity contribution is 7.89. The van der Waals surface area contributed by atoms with Gasteiger partial charge in [0.1, 0.15) is 16.5 Å². The molecule has 2 aromatic heterocycles. The minimum atomic E-state index is -3.74. The molecule has 0 spiro atoms. The molecule has 0 atom stereocenters. The highest BCUT2D eigenvalue weighted by atomic mass is 32.2. The van der Waals surface area contributed by atoms with Crippen LogP contribution in [0.15, 0.2) is 59.6 Å². The van der Waals surface area contributed by atoms with Crippen molar-refractivity contribution in [3.8, 4) is 17.0 Å². The zero-order valence-electron chi connectivity index (χ0n) is 16.4. The molecule has 0 radical (unpaired) electrons. The van der Waals surface area contributed by atoms with Gasteiger partial charge in [0, 0.05) is 28.9 Å². The van der Waals surface area contributed by atoms with Crippen molar-refractivity contribution in [1.82, 2.24) is 14.1 Å². The van der Waals surface area contributed by atoms with Crippen LogP contribution in [0.25, 0.3) is 16.2 Å². The molecule has 0 saturated heterocycles. The minimum absolute atomic E-state index is 0.115. The second-order valence-electron chi connectivity index (χ2n) is 6.60. The summed E-state index contributed by atoms with van der Waals surface area (Å²) in [5, 5.41) is 0. The Labute approximate surface area is 178 Å². The number of benzene rings is 2. The number of thiazole rings is 1. The number of hydrogen-bond donors (Lipinski definition) is 1. The summed E-state index contributed by atoms with van der Waals surface area (Å²) < 4.78 is 48.7. The van der Waals surface area contributed by atoms with Crippen molar-refractivity contribution in [1.29, 1.82) is 0 Å². The summed E-state index contributed by atoms with van der Waals surface area (Å²) in [4.78, 5) is 6.32. The molecule has 156 valence electrons. The van der Waals surface area contributed by atoms with E-state index in [-0.39, 0.29) is 17.3 Å². The fourth-order valence-electron chi connectivity index (χ4n) is 3.10. The van der Waals surface area contributed by atoms with Crippen LogP contribution in [0.1, 0.15) is 17.5 Å². The molecule has 2 aromatic carbocycles. The van der Waals surface area contributed by atoms with Crippen molar-refractivity contribution in [2.45, 2.75) is 25.3 Å². The van der Waals surface area contributed by atoms with E-state index >= 15 is 0 Å². The quantitative estimate of drug-likeness (QED) is 0.458. The Morgan fingerprint density at radius 3 is 2.60 bits per heavy atom. The van der Waals surface area contributed by atoms with Gasteiger partial charge in [0.25, 0.3) is 0 Å². The topological polar surface area (TPSA) is 72.7 Å². The molecule has 0 unspecified atom stereocenters. The molecule has 0 aliphatic carbocycles. The number of para-hydroxylation sites is 1. The lowest BCUT2D eigenvalue weighted by atomic mass is 10.2. The Morgan fingerprint density at radius 1 is 1.17 bits per heavy atom. The Hall–Kier alpha value is -2.75. The van der Waals surface area contributed by atoms with Crippen molar-refractivity contribution in [3.63, 3.8) is 0 Å². The number of ether oxygens (including phenoxy) is 1. The zero-order valence-corrected chi connectivity index (χ0v) is 18.1. The third-order valence-corrected chi connectivity index (χ3v) is 7.25. The fraction of sp³-hybridized carbons (Fsp3) is 0.190. The Balaban J connectivity index is 1.57. The van der Waals surface area contributed by atoms with Crippen molar-refractivity contribution in [2.24, 2.45) is 0 Å².